The fraction of sp³-hybridized carbons (Fsp3) is 0.143. The number of hydrogen-bond donors (Lipinski definition) is 2. The molecule has 0 bridgehead atoms. The Morgan fingerprint density at radius 3 is 2.12 bits per heavy atom. The lowest BCUT2D eigenvalue weighted by molar-refractivity contribution is 0.186. The van der Waals surface area contributed by atoms with Crippen molar-refractivity contribution in [2.24, 2.45) is 5.73 Å². The predicted octanol–water partition coefficient (Wildman–Crippen LogP) is 2.47. The normalized spacial score (nSPS) is 12.1. The lowest BCUT2D eigenvalue weighted by Gasteiger charge is -2.09. The van der Waals surface area contributed by atoms with Crippen molar-refractivity contribution < 1.29 is 9.84 Å². The third-order valence-corrected chi connectivity index (χ3v) is 2.47. The Labute approximate surface area is 100 Å². The molecule has 2 rings (SSSR count). The van der Waals surface area contributed by atoms with E-state index in [0.717, 1.165) is 17.1 Å². The van der Waals surface area contributed by atoms with Gasteiger partial charge in [-0.25, -0.2) is 0 Å². The van der Waals surface area contributed by atoms with Gasteiger partial charge in [-0.15, -0.1) is 0 Å². The maximum atomic E-state index is 9.54. The van der Waals surface area contributed by atoms with Crippen molar-refractivity contribution in [1.82, 2.24) is 0 Å². The number of aliphatic hydroxyl groups is 1. The summed E-state index contributed by atoms with van der Waals surface area (Å²) < 4.78 is 5.63. The van der Waals surface area contributed by atoms with Crippen LogP contribution in [0.15, 0.2) is 54.6 Å². The fourth-order valence-corrected chi connectivity index (χ4v) is 1.52. The van der Waals surface area contributed by atoms with Crippen molar-refractivity contribution in [3.63, 3.8) is 0 Å². The summed E-state index contributed by atoms with van der Waals surface area (Å²) in [5, 5.41) is 9.54. The Morgan fingerprint density at radius 1 is 0.941 bits per heavy atom. The van der Waals surface area contributed by atoms with Crippen LogP contribution in [0.2, 0.25) is 0 Å². The molecule has 2 aromatic carbocycles. The highest BCUT2D eigenvalue weighted by molar-refractivity contribution is 5.33. The first-order chi connectivity index (χ1) is 8.29. The molecule has 0 radical (unpaired) electrons. The van der Waals surface area contributed by atoms with Gasteiger partial charge in [-0.3, -0.25) is 0 Å². The summed E-state index contributed by atoms with van der Waals surface area (Å²) >= 11 is 0. The van der Waals surface area contributed by atoms with Crippen LogP contribution in [0.4, 0.5) is 0 Å². The molecule has 0 aliphatic rings. The maximum absolute atomic E-state index is 9.54. The smallest absolute Gasteiger partial charge is 0.127 e. The molecular weight excluding hydrogens is 214 g/mol. The molecule has 3 N–H and O–H groups in total. The zero-order valence-corrected chi connectivity index (χ0v) is 9.41. The molecule has 0 unspecified atom stereocenters. The van der Waals surface area contributed by atoms with Crippen molar-refractivity contribution in [2.45, 2.75) is 6.10 Å². The van der Waals surface area contributed by atoms with E-state index < -0.39 is 6.10 Å². The van der Waals surface area contributed by atoms with Gasteiger partial charge in [0.25, 0.3) is 0 Å². The van der Waals surface area contributed by atoms with Gasteiger partial charge in [0, 0.05) is 6.54 Å². The second-order valence-electron chi connectivity index (χ2n) is 3.74. The van der Waals surface area contributed by atoms with Gasteiger partial charge < -0.3 is 15.6 Å². The largest absolute Gasteiger partial charge is 0.457 e. The van der Waals surface area contributed by atoms with Crippen LogP contribution in [0.3, 0.4) is 0 Å². The van der Waals surface area contributed by atoms with Crippen LogP contribution in [-0.2, 0) is 0 Å². The van der Waals surface area contributed by atoms with E-state index in [2.05, 4.69) is 0 Å². The van der Waals surface area contributed by atoms with Crippen LogP contribution in [-0.4, -0.2) is 11.7 Å². The molecular formula is C14H15NO2. The Morgan fingerprint density at radius 2 is 1.53 bits per heavy atom. The van der Waals surface area contributed by atoms with E-state index >= 15 is 0 Å². The molecule has 1 atom stereocenters. The monoisotopic (exact) mass is 229 g/mol. The Bertz CT molecular complexity index is 453. The predicted molar refractivity (Wildman–Crippen MR) is 67.0 cm³/mol. The van der Waals surface area contributed by atoms with Crippen LogP contribution >= 0.6 is 0 Å². The van der Waals surface area contributed by atoms with Crippen LogP contribution in [0.5, 0.6) is 11.5 Å². The summed E-state index contributed by atoms with van der Waals surface area (Å²) in [5.41, 5.74) is 6.18. The standard InChI is InChI=1S/C14H15NO2/c15-10-14(16)11-6-8-13(9-7-11)17-12-4-2-1-3-5-12/h1-9,14,16H,10,15H2/t14-/m0/s1. The molecule has 0 saturated heterocycles. The summed E-state index contributed by atoms with van der Waals surface area (Å²) in [6.45, 7) is 0.221. The Hall–Kier alpha value is -1.84. The molecule has 0 fully saturated rings. The van der Waals surface area contributed by atoms with E-state index in [4.69, 9.17) is 10.5 Å². The quantitative estimate of drug-likeness (QED) is 0.846. The maximum Gasteiger partial charge on any atom is 0.127 e. The summed E-state index contributed by atoms with van der Waals surface area (Å²) in [6, 6.07) is 16.8. The third kappa shape index (κ3) is 3.06. The van der Waals surface area contributed by atoms with Crippen molar-refractivity contribution >= 4 is 0 Å². The highest BCUT2D eigenvalue weighted by Gasteiger charge is 2.04. The molecule has 3 nitrogen and oxygen atoms in total. The van der Waals surface area contributed by atoms with E-state index in [0.29, 0.717) is 0 Å². The second kappa shape index (κ2) is 5.48. The highest BCUT2D eigenvalue weighted by Crippen LogP contribution is 2.22. The minimum Gasteiger partial charge on any atom is -0.457 e. The third-order valence-electron chi connectivity index (χ3n) is 2.47. The molecule has 2 aromatic rings. The highest BCUT2D eigenvalue weighted by atomic mass is 16.5. The number of aliphatic hydroxyl groups excluding tert-OH is 1. The number of ether oxygens (including phenoxy) is 1. The SMILES string of the molecule is NC[C@H](O)c1ccc(Oc2ccccc2)cc1. The first kappa shape index (κ1) is 11.6. The first-order valence-electron chi connectivity index (χ1n) is 5.50. The summed E-state index contributed by atoms with van der Waals surface area (Å²) in [7, 11) is 0. The number of benzene rings is 2. The van der Waals surface area contributed by atoms with Gasteiger partial charge in [-0.2, -0.15) is 0 Å². The average molecular weight is 229 g/mol. The summed E-state index contributed by atoms with van der Waals surface area (Å²) in [5.74, 6) is 1.53. The Balaban J connectivity index is 2.08. The molecule has 3 heteroatoms. The molecule has 0 amide bonds. The van der Waals surface area contributed by atoms with Crippen LogP contribution in [0.1, 0.15) is 11.7 Å². The van der Waals surface area contributed by atoms with Gasteiger partial charge in [0.2, 0.25) is 0 Å². The number of nitrogens with two attached hydrogens (primary N) is 1. The average Bonchev–Trinajstić information content (AvgIpc) is 2.40. The van der Waals surface area contributed by atoms with Crippen LogP contribution in [0, 0.1) is 0 Å². The van der Waals surface area contributed by atoms with Gasteiger partial charge >= 0.3 is 0 Å². The lowest BCUT2D eigenvalue weighted by atomic mass is 10.1. The van der Waals surface area contributed by atoms with Crippen LogP contribution < -0.4 is 10.5 Å². The van der Waals surface area contributed by atoms with E-state index in [1.165, 1.54) is 0 Å². The van der Waals surface area contributed by atoms with Gasteiger partial charge in [0.15, 0.2) is 0 Å². The minimum absolute atomic E-state index is 0.221. The fourth-order valence-electron chi connectivity index (χ4n) is 1.52. The lowest BCUT2D eigenvalue weighted by Crippen LogP contribution is -2.11. The van der Waals surface area contributed by atoms with Gasteiger partial charge in [-0.05, 0) is 29.8 Å². The van der Waals surface area contributed by atoms with Crippen molar-refractivity contribution in [1.29, 1.82) is 0 Å². The number of rotatable bonds is 4. The number of hydrogen-bond acceptors (Lipinski definition) is 3. The van der Waals surface area contributed by atoms with Crippen LogP contribution in [0.25, 0.3) is 0 Å². The molecule has 0 spiro atoms. The van der Waals surface area contributed by atoms with E-state index in [1.54, 1.807) is 0 Å². The zero-order chi connectivity index (χ0) is 12.1. The molecule has 0 saturated carbocycles. The number of para-hydroxylation sites is 1. The molecule has 88 valence electrons. The molecule has 0 heterocycles. The zero-order valence-electron chi connectivity index (χ0n) is 9.41. The molecule has 0 aliphatic carbocycles. The van der Waals surface area contributed by atoms with Gasteiger partial charge in [0.1, 0.15) is 11.5 Å². The Kier molecular flexibility index (Phi) is 3.75. The van der Waals surface area contributed by atoms with Crippen molar-refractivity contribution in [3.05, 3.63) is 60.2 Å². The molecule has 0 aliphatic heterocycles. The van der Waals surface area contributed by atoms with Crippen molar-refractivity contribution in [3.8, 4) is 11.5 Å². The van der Waals surface area contributed by atoms with Crippen molar-refractivity contribution in [2.75, 3.05) is 6.54 Å². The summed E-state index contributed by atoms with van der Waals surface area (Å²) in [6.07, 6.45) is -0.610. The molecule has 0 aromatic heterocycles. The minimum atomic E-state index is -0.610. The van der Waals surface area contributed by atoms with Gasteiger partial charge in [0.05, 0.1) is 6.10 Å². The first-order valence-corrected chi connectivity index (χ1v) is 5.50. The molecule has 17 heavy (non-hydrogen) atoms. The van der Waals surface area contributed by atoms with E-state index in [9.17, 15) is 5.11 Å². The van der Waals surface area contributed by atoms with Gasteiger partial charge in [-0.1, -0.05) is 30.3 Å². The van der Waals surface area contributed by atoms with E-state index in [1.807, 2.05) is 54.6 Å². The summed E-state index contributed by atoms with van der Waals surface area (Å²) in [4.78, 5) is 0. The van der Waals surface area contributed by atoms with E-state index in [-0.39, 0.29) is 6.54 Å². The topological polar surface area (TPSA) is 55.5 Å². The second-order valence-corrected chi connectivity index (χ2v) is 3.74.